The molecule has 2 fully saturated rings. The predicted molar refractivity (Wildman–Crippen MR) is 91.9 cm³/mol. The highest BCUT2D eigenvalue weighted by molar-refractivity contribution is 5.85. The van der Waals surface area contributed by atoms with Crippen molar-refractivity contribution in [3.05, 3.63) is 18.1 Å². The zero-order valence-corrected chi connectivity index (χ0v) is 14.6. The summed E-state index contributed by atoms with van der Waals surface area (Å²) < 4.78 is 5.80. The van der Waals surface area contributed by atoms with Crippen LogP contribution in [0.5, 0.6) is 0 Å². The van der Waals surface area contributed by atoms with Crippen LogP contribution in [0.15, 0.2) is 12.4 Å². The number of rotatable bonds is 4. The molecule has 0 aromatic carbocycles. The Balaban J connectivity index is 1.64. The lowest BCUT2D eigenvalue weighted by Crippen LogP contribution is -2.48. The number of carbonyl (C=O) groups excluding carboxylic acids is 2. The molecule has 2 aliphatic heterocycles. The van der Waals surface area contributed by atoms with Gasteiger partial charge in [0.25, 0.3) is 0 Å². The summed E-state index contributed by atoms with van der Waals surface area (Å²) in [4.78, 5) is 36.8. The number of morpholine rings is 1. The minimum atomic E-state index is -0.311. The van der Waals surface area contributed by atoms with Gasteiger partial charge in [-0.15, -0.1) is 0 Å². The zero-order chi connectivity index (χ0) is 17.6. The third-order valence-electron chi connectivity index (χ3n) is 4.68. The van der Waals surface area contributed by atoms with E-state index in [-0.39, 0.29) is 24.5 Å². The third kappa shape index (κ3) is 4.25. The first kappa shape index (κ1) is 17.6. The lowest BCUT2D eigenvalue weighted by Gasteiger charge is -2.34. The second-order valence-corrected chi connectivity index (χ2v) is 6.37. The fraction of sp³-hybridized carbons (Fsp3) is 0.647. The van der Waals surface area contributed by atoms with E-state index in [0.717, 1.165) is 19.3 Å². The zero-order valence-electron chi connectivity index (χ0n) is 14.6. The maximum atomic E-state index is 12.7. The smallest absolute Gasteiger partial charge is 0.242 e. The van der Waals surface area contributed by atoms with E-state index in [1.54, 1.807) is 29.2 Å². The first-order chi connectivity index (χ1) is 12.2. The number of hydrogen-bond acceptors (Lipinski definition) is 6. The van der Waals surface area contributed by atoms with Gasteiger partial charge in [-0.1, -0.05) is 6.42 Å². The summed E-state index contributed by atoms with van der Waals surface area (Å²) in [6.45, 7) is 2.24. The van der Waals surface area contributed by atoms with Gasteiger partial charge in [0.05, 0.1) is 19.7 Å². The van der Waals surface area contributed by atoms with Gasteiger partial charge in [-0.2, -0.15) is 0 Å². The Kier molecular flexibility index (Phi) is 5.80. The Hall–Kier alpha value is -2.22. The summed E-state index contributed by atoms with van der Waals surface area (Å²) in [6, 6.07) is 0. The Morgan fingerprint density at radius 3 is 2.96 bits per heavy atom. The van der Waals surface area contributed by atoms with Crippen LogP contribution in [-0.2, 0) is 14.3 Å². The van der Waals surface area contributed by atoms with E-state index in [0.29, 0.717) is 44.2 Å². The van der Waals surface area contributed by atoms with Crippen LogP contribution in [0.1, 0.15) is 37.5 Å². The molecule has 0 radical (unpaired) electrons. The van der Waals surface area contributed by atoms with E-state index in [9.17, 15) is 9.59 Å². The molecule has 25 heavy (non-hydrogen) atoms. The second-order valence-electron chi connectivity index (χ2n) is 6.37. The standard InChI is InChI=1S/C17H25N5O3/c1-18-17-16(19-6-7-20-17)13-11-22(9-10-25-13)15(24)12-21-8-4-2-3-5-14(21)23/h6-7,13H,2-5,8-12H2,1H3,(H,18,20). The van der Waals surface area contributed by atoms with E-state index < -0.39 is 0 Å². The molecule has 0 spiro atoms. The molecule has 0 saturated carbocycles. The van der Waals surface area contributed by atoms with Gasteiger partial charge in [-0.05, 0) is 12.8 Å². The van der Waals surface area contributed by atoms with Gasteiger partial charge in [-0.25, -0.2) is 4.98 Å². The Labute approximate surface area is 147 Å². The SMILES string of the molecule is CNc1nccnc1C1CN(C(=O)CN2CCCCCC2=O)CCO1. The van der Waals surface area contributed by atoms with Crippen LogP contribution in [0.3, 0.4) is 0 Å². The highest BCUT2D eigenvalue weighted by Crippen LogP contribution is 2.25. The van der Waals surface area contributed by atoms with Crippen molar-refractivity contribution in [2.45, 2.75) is 31.8 Å². The molecule has 2 saturated heterocycles. The van der Waals surface area contributed by atoms with Gasteiger partial charge >= 0.3 is 0 Å². The number of ether oxygens (including phenoxy) is 1. The lowest BCUT2D eigenvalue weighted by atomic mass is 10.2. The average molecular weight is 347 g/mol. The van der Waals surface area contributed by atoms with Crippen LogP contribution in [0.2, 0.25) is 0 Å². The monoisotopic (exact) mass is 347 g/mol. The van der Waals surface area contributed by atoms with Crippen molar-refractivity contribution in [2.24, 2.45) is 0 Å². The molecule has 3 rings (SSSR count). The molecule has 0 aliphatic carbocycles. The van der Waals surface area contributed by atoms with Crippen LogP contribution >= 0.6 is 0 Å². The number of nitrogens with zero attached hydrogens (tertiary/aromatic N) is 4. The van der Waals surface area contributed by atoms with Gasteiger partial charge in [0.2, 0.25) is 11.8 Å². The van der Waals surface area contributed by atoms with Crippen molar-refractivity contribution in [3.63, 3.8) is 0 Å². The molecule has 2 aliphatic rings. The second kappa shape index (κ2) is 8.24. The Morgan fingerprint density at radius 1 is 1.28 bits per heavy atom. The summed E-state index contributed by atoms with van der Waals surface area (Å²) in [5, 5.41) is 3.01. The van der Waals surface area contributed by atoms with Crippen molar-refractivity contribution < 1.29 is 14.3 Å². The molecule has 1 aromatic heterocycles. The fourth-order valence-electron chi connectivity index (χ4n) is 3.29. The number of hydrogen-bond donors (Lipinski definition) is 1. The van der Waals surface area contributed by atoms with Crippen LogP contribution in [0.25, 0.3) is 0 Å². The van der Waals surface area contributed by atoms with Crippen molar-refractivity contribution >= 4 is 17.6 Å². The highest BCUT2D eigenvalue weighted by atomic mass is 16.5. The Morgan fingerprint density at radius 2 is 2.12 bits per heavy atom. The number of likely N-dealkylation sites (tertiary alicyclic amines) is 1. The predicted octanol–water partition coefficient (Wildman–Crippen LogP) is 0.821. The molecule has 8 heteroatoms. The fourth-order valence-corrected chi connectivity index (χ4v) is 3.29. The maximum Gasteiger partial charge on any atom is 0.242 e. The average Bonchev–Trinajstić information content (AvgIpc) is 2.86. The van der Waals surface area contributed by atoms with E-state index >= 15 is 0 Å². The number of amides is 2. The van der Waals surface area contributed by atoms with Crippen molar-refractivity contribution in [2.75, 3.05) is 45.2 Å². The van der Waals surface area contributed by atoms with Gasteiger partial charge in [0, 0.05) is 39.0 Å². The molecule has 2 amide bonds. The molecular weight excluding hydrogens is 322 g/mol. The molecular formula is C17H25N5O3. The normalized spacial score (nSPS) is 21.8. The van der Waals surface area contributed by atoms with Gasteiger partial charge in [0.1, 0.15) is 17.6 Å². The van der Waals surface area contributed by atoms with Crippen molar-refractivity contribution in [1.29, 1.82) is 0 Å². The maximum absolute atomic E-state index is 12.7. The van der Waals surface area contributed by atoms with E-state index in [2.05, 4.69) is 15.3 Å². The van der Waals surface area contributed by atoms with E-state index in [1.807, 2.05) is 0 Å². The quantitative estimate of drug-likeness (QED) is 0.868. The molecule has 8 nitrogen and oxygen atoms in total. The Bertz CT molecular complexity index is 624. The molecule has 1 N–H and O–H groups in total. The van der Waals surface area contributed by atoms with Crippen LogP contribution < -0.4 is 5.32 Å². The minimum absolute atomic E-state index is 0.0292. The van der Waals surface area contributed by atoms with E-state index in [1.165, 1.54) is 0 Å². The number of aromatic nitrogens is 2. The van der Waals surface area contributed by atoms with Crippen LogP contribution in [-0.4, -0.2) is 71.4 Å². The topological polar surface area (TPSA) is 87.7 Å². The van der Waals surface area contributed by atoms with E-state index in [4.69, 9.17) is 4.74 Å². The molecule has 1 aromatic rings. The first-order valence-corrected chi connectivity index (χ1v) is 8.85. The largest absolute Gasteiger partial charge is 0.372 e. The van der Waals surface area contributed by atoms with Gasteiger partial charge in [-0.3, -0.25) is 14.6 Å². The number of carbonyl (C=O) groups is 2. The summed E-state index contributed by atoms with van der Waals surface area (Å²) in [5.74, 6) is 0.713. The summed E-state index contributed by atoms with van der Waals surface area (Å²) in [6.07, 6.45) is 6.41. The highest BCUT2D eigenvalue weighted by Gasteiger charge is 2.30. The van der Waals surface area contributed by atoms with Gasteiger partial charge in [0.15, 0.2) is 0 Å². The summed E-state index contributed by atoms with van der Waals surface area (Å²) >= 11 is 0. The molecule has 136 valence electrons. The summed E-state index contributed by atoms with van der Waals surface area (Å²) in [5.41, 5.74) is 0.702. The van der Waals surface area contributed by atoms with Gasteiger partial charge < -0.3 is 19.9 Å². The van der Waals surface area contributed by atoms with Crippen LogP contribution in [0, 0.1) is 0 Å². The van der Waals surface area contributed by atoms with Crippen LogP contribution in [0.4, 0.5) is 5.82 Å². The minimum Gasteiger partial charge on any atom is -0.372 e. The lowest BCUT2D eigenvalue weighted by molar-refractivity contribution is -0.145. The molecule has 0 bridgehead atoms. The third-order valence-corrected chi connectivity index (χ3v) is 4.68. The molecule has 3 heterocycles. The van der Waals surface area contributed by atoms with Crippen molar-refractivity contribution in [3.8, 4) is 0 Å². The first-order valence-electron chi connectivity index (χ1n) is 8.85. The molecule has 1 unspecified atom stereocenters. The van der Waals surface area contributed by atoms with Crippen molar-refractivity contribution in [1.82, 2.24) is 19.8 Å². The molecule has 1 atom stereocenters. The summed E-state index contributed by atoms with van der Waals surface area (Å²) in [7, 11) is 1.78. The number of nitrogens with one attached hydrogen (secondary N) is 1. The number of anilines is 1.